The van der Waals surface area contributed by atoms with E-state index in [1.807, 2.05) is 19.9 Å². The summed E-state index contributed by atoms with van der Waals surface area (Å²) in [4.78, 5) is 0.315. The van der Waals surface area contributed by atoms with Crippen molar-refractivity contribution in [2.24, 2.45) is 0 Å². The first-order valence-electron chi connectivity index (χ1n) is 6.32. The maximum Gasteiger partial charge on any atom is 0.242 e. The highest BCUT2D eigenvalue weighted by Crippen LogP contribution is 2.20. The van der Waals surface area contributed by atoms with E-state index in [4.69, 9.17) is 0 Å². The molecule has 0 unspecified atom stereocenters. The first-order valence-corrected chi connectivity index (χ1v) is 7.81. The molecule has 1 rings (SSSR count). The molecule has 0 aliphatic rings. The van der Waals surface area contributed by atoms with Crippen molar-refractivity contribution < 1.29 is 8.42 Å². The van der Waals surface area contributed by atoms with Crippen LogP contribution in [0.25, 0.3) is 0 Å². The van der Waals surface area contributed by atoms with E-state index in [1.165, 1.54) is 0 Å². The summed E-state index contributed by atoms with van der Waals surface area (Å²) in [5.74, 6) is 0. The third kappa shape index (κ3) is 4.31. The van der Waals surface area contributed by atoms with Crippen LogP contribution in [-0.2, 0) is 10.0 Å². The smallest absolute Gasteiger partial charge is 0.242 e. The molecule has 4 nitrogen and oxygen atoms in total. The molecule has 18 heavy (non-hydrogen) atoms. The first-order chi connectivity index (χ1) is 8.47. The average molecular weight is 270 g/mol. The number of sulfonamides is 1. The molecule has 0 amide bonds. The molecule has 0 saturated carbocycles. The molecule has 1 aromatic carbocycles. The van der Waals surface area contributed by atoms with Crippen LogP contribution in [0.3, 0.4) is 0 Å². The Morgan fingerprint density at radius 1 is 1.22 bits per heavy atom. The van der Waals surface area contributed by atoms with Crippen LogP contribution in [-0.4, -0.2) is 21.0 Å². The minimum Gasteiger partial charge on any atom is -0.384 e. The highest BCUT2D eigenvalue weighted by molar-refractivity contribution is 7.89. The fourth-order valence-corrected chi connectivity index (χ4v) is 3.06. The van der Waals surface area contributed by atoms with Crippen LogP contribution in [0.1, 0.15) is 33.6 Å². The normalized spacial score (nSPS) is 11.8. The van der Waals surface area contributed by atoms with E-state index < -0.39 is 10.0 Å². The van der Waals surface area contributed by atoms with E-state index in [0.29, 0.717) is 10.6 Å². The third-order valence-electron chi connectivity index (χ3n) is 2.41. The van der Waals surface area contributed by atoms with Gasteiger partial charge in [-0.2, -0.15) is 0 Å². The van der Waals surface area contributed by atoms with Crippen molar-refractivity contribution in [1.82, 2.24) is 4.72 Å². The minimum atomic E-state index is -3.44. The molecule has 0 spiro atoms. The van der Waals surface area contributed by atoms with Crippen LogP contribution in [0.5, 0.6) is 0 Å². The second-order valence-electron chi connectivity index (χ2n) is 4.55. The highest BCUT2D eigenvalue weighted by atomic mass is 32.2. The van der Waals surface area contributed by atoms with E-state index in [9.17, 15) is 8.42 Å². The molecule has 0 aromatic heterocycles. The Bertz CT molecular complexity index is 470. The summed E-state index contributed by atoms with van der Waals surface area (Å²) in [6, 6.07) is 6.88. The van der Waals surface area contributed by atoms with Gasteiger partial charge >= 0.3 is 0 Å². The lowest BCUT2D eigenvalue weighted by molar-refractivity contribution is 0.570. The molecule has 0 atom stereocenters. The van der Waals surface area contributed by atoms with Crippen molar-refractivity contribution in [3.8, 4) is 0 Å². The summed E-state index contributed by atoms with van der Waals surface area (Å²) in [6.07, 6.45) is 2.10. The van der Waals surface area contributed by atoms with Gasteiger partial charge in [-0.3, -0.25) is 0 Å². The molecule has 5 heteroatoms. The number of hydrogen-bond acceptors (Lipinski definition) is 3. The van der Waals surface area contributed by atoms with Gasteiger partial charge in [-0.15, -0.1) is 0 Å². The van der Waals surface area contributed by atoms with Crippen LogP contribution in [0, 0.1) is 0 Å². The Morgan fingerprint density at radius 3 is 2.50 bits per heavy atom. The monoisotopic (exact) mass is 270 g/mol. The van der Waals surface area contributed by atoms with Gasteiger partial charge < -0.3 is 5.32 Å². The third-order valence-corrected chi connectivity index (χ3v) is 4.13. The molecular formula is C13H22N2O2S. The lowest BCUT2D eigenvalue weighted by Crippen LogP contribution is -2.30. The molecule has 2 N–H and O–H groups in total. The zero-order valence-corrected chi connectivity index (χ0v) is 12.0. The fraction of sp³-hybridized carbons (Fsp3) is 0.538. The van der Waals surface area contributed by atoms with E-state index in [2.05, 4.69) is 17.0 Å². The van der Waals surface area contributed by atoms with Gasteiger partial charge in [0.05, 0.1) is 5.69 Å². The van der Waals surface area contributed by atoms with E-state index in [1.54, 1.807) is 18.2 Å². The second-order valence-corrected chi connectivity index (χ2v) is 6.23. The number of hydrogen-bond donors (Lipinski definition) is 2. The minimum absolute atomic E-state index is 0.112. The van der Waals surface area contributed by atoms with Crippen molar-refractivity contribution >= 4 is 15.7 Å². The standard InChI is InChI=1S/C13H22N2O2S/c1-4-5-10-14-12-8-6-7-9-13(12)18(16,17)15-11(2)3/h6-9,11,14-15H,4-5,10H2,1-3H3. The maximum absolute atomic E-state index is 12.1. The Kier molecular flexibility index (Phi) is 5.62. The number of para-hydroxylation sites is 1. The van der Waals surface area contributed by atoms with Gasteiger partial charge in [0.2, 0.25) is 10.0 Å². The quantitative estimate of drug-likeness (QED) is 0.749. The average Bonchev–Trinajstić information content (AvgIpc) is 2.28. The molecule has 0 saturated heterocycles. The topological polar surface area (TPSA) is 58.2 Å². The van der Waals surface area contributed by atoms with Crippen LogP contribution in [0.2, 0.25) is 0 Å². The van der Waals surface area contributed by atoms with Gasteiger partial charge in [0.15, 0.2) is 0 Å². The van der Waals surface area contributed by atoms with Gasteiger partial charge in [0, 0.05) is 12.6 Å². The molecule has 0 fully saturated rings. The Balaban J connectivity index is 2.94. The molecular weight excluding hydrogens is 248 g/mol. The zero-order valence-electron chi connectivity index (χ0n) is 11.2. The number of rotatable bonds is 7. The predicted molar refractivity (Wildman–Crippen MR) is 75.3 cm³/mol. The molecule has 102 valence electrons. The summed E-state index contributed by atoms with van der Waals surface area (Å²) in [5, 5.41) is 3.17. The van der Waals surface area contributed by atoms with Crippen LogP contribution in [0.4, 0.5) is 5.69 Å². The van der Waals surface area contributed by atoms with Gasteiger partial charge in [0.25, 0.3) is 0 Å². The van der Waals surface area contributed by atoms with Crippen molar-refractivity contribution in [1.29, 1.82) is 0 Å². The van der Waals surface area contributed by atoms with Crippen LogP contribution in [0.15, 0.2) is 29.2 Å². The Labute approximate surface area is 110 Å². The summed E-state index contributed by atoms with van der Waals surface area (Å²) in [6.45, 7) is 6.50. The van der Waals surface area contributed by atoms with Crippen LogP contribution < -0.4 is 10.0 Å². The summed E-state index contributed by atoms with van der Waals surface area (Å²) < 4.78 is 26.9. The highest BCUT2D eigenvalue weighted by Gasteiger charge is 2.18. The molecule has 0 radical (unpaired) electrons. The lowest BCUT2D eigenvalue weighted by Gasteiger charge is -2.14. The van der Waals surface area contributed by atoms with Gasteiger partial charge in [0.1, 0.15) is 4.90 Å². The number of nitrogens with one attached hydrogen (secondary N) is 2. The first kappa shape index (κ1) is 15.0. The number of benzene rings is 1. The number of unbranched alkanes of at least 4 members (excludes halogenated alkanes) is 1. The zero-order chi connectivity index (χ0) is 13.6. The summed E-state index contributed by atoms with van der Waals surface area (Å²) in [7, 11) is -3.44. The summed E-state index contributed by atoms with van der Waals surface area (Å²) >= 11 is 0. The van der Waals surface area contributed by atoms with Crippen molar-refractivity contribution in [3.63, 3.8) is 0 Å². The molecule has 0 aliphatic heterocycles. The summed E-state index contributed by atoms with van der Waals surface area (Å²) in [5.41, 5.74) is 0.666. The fourth-order valence-electron chi connectivity index (χ4n) is 1.62. The van der Waals surface area contributed by atoms with Crippen LogP contribution >= 0.6 is 0 Å². The van der Waals surface area contributed by atoms with Gasteiger partial charge in [-0.05, 0) is 32.4 Å². The van der Waals surface area contributed by atoms with E-state index in [0.717, 1.165) is 19.4 Å². The Hall–Kier alpha value is -1.07. The largest absolute Gasteiger partial charge is 0.384 e. The second kappa shape index (κ2) is 6.75. The molecule has 1 aromatic rings. The molecule has 0 heterocycles. The number of anilines is 1. The van der Waals surface area contributed by atoms with Crippen molar-refractivity contribution in [3.05, 3.63) is 24.3 Å². The molecule has 0 aliphatic carbocycles. The van der Waals surface area contributed by atoms with Crippen molar-refractivity contribution in [2.75, 3.05) is 11.9 Å². The van der Waals surface area contributed by atoms with Gasteiger partial charge in [-0.25, -0.2) is 13.1 Å². The maximum atomic E-state index is 12.1. The van der Waals surface area contributed by atoms with E-state index >= 15 is 0 Å². The SMILES string of the molecule is CCCCNc1ccccc1S(=O)(=O)NC(C)C. The Morgan fingerprint density at radius 2 is 1.89 bits per heavy atom. The van der Waals surface area contributed by atoms with Gasteiger partial charge in [-0.1, -0.05) is 25.5 Å². The lowest BCUT2D eigenvalue weighted by atomic mass is 10.3. The van der Waals surface area contributed by atoms with E-state index in [-0.39, 0.29) is 6.04 Å². The predicted octanol–water partition coefficient (Wildman–Crippen LogP) is 2.59. The van der Waals surface area contributed by atoms with Crippen molar-refractivity contribution in [2.45, 2.75) is 44.6 Å². The molecule has 0 bridgehead atoms.